The summed E-state index contributed by atoms with van der Waals surface area (Å²) in [6.07, 6.45) is 5.30. The van der Waals surface area contributed by atoms with Crippen LogP contribution in [0.4, 0.5) is 5.69 Å². The molecule has 29 heavy (non-hydrogen) atoms. The molecule has 4 rings (SSSR count). The van der Waals surface area contributed by atoms with Gasteiger partial charge in [-0.25, -0.2) is 18.1 Å². The summed E-state index contributed by atoms with van der Waals surface area (Å²) in [7, 11) is -3.82. The van der Waals surface area contributed by atoms with E-state index < -0.39 is 20.5 Å². The number of carbonyl (C=O) groups is 1. The number of benzene rings is 1. The number of fused-ring (bicyclic) bond motifs is 1. The number of hydrogen-bond acceptors (Lipinski definition) is 5. The van der Waals surface area contributed by atoms with E-state index in [-0.39, 0.29) is 10.9 Å². The lowest BCUT2D eigenvalue weighted by Gasteiger charge is -2.27. The van der Waals surface area contributed by atoms with Gasteiger partial charge in [0.1, 0.15) is 0 Å². The summed E-state index contributed by atoms with van der Waals surface area (Å²) in [5.74, 6) is -0.490. The van der Waals surface area contributed by atoms with Crippen LogP contribution in [0.25, 0.3) is 11.0 Å². The molecule has 7 nitrogen and oxygen atoms in total. The Hall–Kier alpha value is -2.74. The number of nitrogens with one attached hydrogen (secondary N) is 1. The molecule has 0 spiro atoms. The average molecular weight is 413 g/mol. The molecule has 3 aromatic rings. The van der Waals surface area contributed by atoms with Crippen molar-refractivity contribution in [1.29, 1.82) is 0 Å². The second kappa shape index (κ2) is 7.26. The molecule has 0 bridgehead atoms. The van der Waals surface area contributed by atoms with Gasteiger partial charge in [0.2, 0.25) is 5.91 Å². The predicted octanol–water partition coefficient (Wildman–Crippen LogP) is 3.74. The number of carbonyl (C=O) groups excluding carboxylic acids is 1. The highest BCUT2D eigenvalue weighted by molar-refractivity contribution is 7.93. The number of nitrogens with zero attached hydrogens (tertiary/aromatic N) is 3. The lowest BCUT2D eigenvalue weighted by Crippen LogP contribution is -2.47. The average Bonchev–Trinajstić information content (AvgIpc) is 3.36. The monoisotopic (exact) mass is 412 g/mol. The van der Waals surface area contributed by atoms with Gasteiger partial charge in [-0.05, 0) is 44.9 Å². The van der Waals surface area contributed by atoms with Crippen molar-refractivity contribution in [2.75, 3.05) is 5.32 Å². The number of pyridine rings is 1. The van der Waals surface area contributed by atoms with Crippen molar-refractivity contribution in [3.8, 4) is 0 Å². The van der Waals surface area contributed by atoms with Gasteiger partial charge in [-0.3, -0.25) is 4.79 Å². The second-order valence-corrected chi connectivity index (χ2v) is 10.1. The van der Waals surface area contributed by atoms with Crippen molar-refractivity contribution >= 4 is 32.5 Å². The van der Waals surface area contributed by atoms with E-state index in [0.29, 0.717) is 31.4 Å². The molecule has 1 aliphatic rings. The van der Waals surface area contributed by atoms with Crippen LogP contribution < -0.4 is 5.32 Å². The van der Waals surface area contributed by atoms with Crippen molar-refractivity contribution in [2.24, 2.45) is 0 Å². The Labute approximate surface area is 170 Å². The van der Waals surface area contributed by atoms with E-state index >= 15 is 0 Å². The van der Waals surface area contributed by atoms with Gasteiger partial charge in [-0.1, -0.05) is 31.0 Å². The van der Waals surface area contributed by atoms with E-state index in [2.05, 4.69) is 15.4 Å². The topological polar surface area (TPSA) is 94.0 Å². The van der Waals surface area contributed by atoms with Crippen LogP contribution in [0.3, 0.4) is 0 Å². The van der Waals surface area contributed by atoms with E-state index in [1.807, 2.05) is 13.8 Å². The third-order valence-corrected chi connectivity index (χ3v) is 8.09. The number of anilines is 1. The largest absolute Gasteiger partial charge is 0.323 e. The molecule has 1 amide bonds. The van der Waals surface area contributed by atoms with Crippen molar-refractivity contribution in [2.45, 2.75) is 55.2 Å². The van der Waals surface area contributed by atoms with E-state index in [9.17, 15) is 13.2 Å². The van der Waals surface area contributed by atoms with Gasteiger partial charge in [0.05, 0.1) is 23.0 Å². The Balaban J connectivity index is 1.68. The Morgan fingerprint density at radius 3 is 2.48 bits per heavy atom. The first-order valence-corrected chi connectivity index (χ1v) is 11.3. The van der Waals surface area contributed by atoms with Crippen LogP contribution in [0.2, 0.25) is 0 Å². The Morgan fingerprint density at radius 2 is 1.83 bits per heavy atom. The van der Waals surface area contributed by atoms with Crippen molar-refractivity contribution in [3.63, 3.8) is 0 Å². The van der Waals surface area contributed by atoms with Crippen molar-refractivity contribution < 1.29 is 13.2 Å². The van der Waals surface area contributed by atoms with Gasteiger partial charge < -0.3 is 5.32 Å². The summed E-state index contributed by atoms with van der Waals surface area (Å²) in [5, 5.41) is 7.94. The standard InChI is InChI=1S/C21H24N4O3S/c1-15(2)25-19-16(13-23-25)12-17(14-22-19)24-20(26)21(10-6-7-11-21)29(27,28)18-8-4-3-5-9-18/h3-5,8-9,12-15H,6-7,10-11H2,1-2H3,(H,24,26). The third kappa shape index (κ3) is 3.21. The number of rotatable bonds is 5. The minimum Gasteiger partial charge on any atom is -0.323 e. The molecule has 1 aliphatic carbocycles. The number of hydrogen-bond donors (Lipinski definition) is 1. The zero-order valence-corrected chi connectivity index (χ0v) is 17.3. The number of aromatic nitrogens is 3. The predicted molar refractivity (Wildman–Crippen MR) is 111 cm³/mol. The van der Waals surface area contributed by atoms with Gasteiger partial charge in [0.15, 0.2) is 20.2 Å². The highest BCUT2D eigenvalue weighted by atomic mass is 32.2. The van der Waals surface area contributed by atoms with Gasteiger partial charge in [-0.2, -0.15) is 5.10 Å². The first-order chi connectivity index (χ1) is 13.8. The van der Waals surface area contributed by atoms with Gasteiger partial charge >= 0.3 is 0 Å². The molecule has 1 N–H and O–H groups in total. The molecule has 1 aromatic carbocycles. The van der Waals surface area contributed by atoms with E-state index in [1.54, 1.807) is 53.5 Å². The maximum atomic E-state index is 13.4. The molecule has 0 radical (unpaired) electrons. The fourth-order valence-electron chi connectivity index (χ4n) is 4.02. The molecular formula is C21H24N4O3S. The maximum Gasteiger partial charge on any atom is 0.246 e. The van der Waals surface area contributed by atoms with E-state index in [1.165, 1.54) is 0 Å². The van der Waals surface area contributed by atoms with E-state index in [0.717, 1.165) is 11.0 Å². The smallest absolute Gasteiger partial charge is 0.246 e. The highest BCUT2D eigenvalue weighted by Gasteiger charge is 2.52. The van der Waals surface area contributed by atoms with Gasteiger partial charge in [0.25, 0.3) is 0 Å². The molecule has 152 valence electrons. The summed E-state index contributed by atoms with van der Waals surface area (Å²) in [4.78, 5) is 17.9. The van der Waals surface area contributed by atoms with Crippen LogP contribution in [-0.2, 0) is 14.6 Å². The molecule has 1 fully saturated rings. The van der Waals surface area contributed by atoms with Crippen LogP contribution in [0.15, 0.2) is 53.7 Å². The first-order valence-electron chi connectivity index (χ1n) is 9.79. The maximum absolute atomic E-state index is 13.4. The normalized spacial score (nSPS) is 16.4. The minimum atomic E-state index is -3.82. The zero-order valence-electron chi connectivity index (χ0n) is 16.5. The van der Waals surface area contributed by atoms with Gasteiger partial charge in [-0.15, -0.1) is 0 Å². The Kier molecular flexibility index (Phi) is 4.90. The van der Waals surface area contributed by atoms with Crippen LogP contribution in [0, 0.1) is 0 Å². The molecule has 2 heterocycles. The molecule has 8 heteroatoms. The summed E-state index contributed by atoms with van der Waals surface area (Å²) >= 11 is 0. The number of amides is 1. The molecular weight excluding hydrogens is 388 g/mol. The first kappa shape index (κ1) is 19.6. The minimum absolute atomic E-state index is 0.165. The van der Waals surface area contributed by atoms with Crippen LogP contribution in [0.5, 0.6) is 0 Å². The molecule has 1 saturated carbocycles. The summed E-state index contributed by atoms with van der Waals surface area (Å²) in [6.45, 7) is 4.03. The molecule has 0 unspecified atom stereocenters. The number of sulfone groups is 1. The van der Waals surface area contributed by atoms with Gasteiger partial charge in [0, 0.05) is 11.4 Å². The quantitative estimate of drug-likeness (QED) is 0.689. The Morgan fingerprint density at radius 1 is 1.14 bits per heavy atom. The second-order valence-electron chi connectivity index (χ2n) is 7.79. The van der Waals surface area contributed by atoms with Crippen LogP contribution >= 0.6 is 0 Å². The van der Waals surface area contributed by atoms with Crippen molar-refractivity contribution in [1.82, 2.24) is 14.8 Å². The molecule has 2 aromatic heterocycles. The summed E-state index contributed by atoms with van der Waals surface area (Å²) in [5.41, 5.74) is 1.20. The SMILES string of the molecule is CC(C)n1ncc2cc(NC(=O)C3(S(=O)(=O)c4ccccc4)CCCC3)cnc21. The highest BCUT2D eigenvalue weighted by Crippen LogP contribution is 2.41. The van der Waals surface area contributed by atoms with Crippen LogP contribution in [-0.4, -0.2) is 33.8 Å². The lowest BCUT2D eigenvalue weighted by molar-refractivity contribution is -0.118. The lowest BCUT2D eigenvalue weighted by atomic mass is 10.1. The zero-order chi connectivity index (χ0) is 20.6. The summed E-state index contributed by atoms with van der Waals surface area (Å²) < 4.78 is 27.1. The third-order valence-electron chi connectivity index (χ3n) is 5.57. The van der Waals surface area contributed by atoms with E-state index in [4.69, 9.17) is 0 Å². The van der Waals surface area contributed by atoms with Crippen molar-refractivity contribution in [3.05, 3.63) is 48.8 Å². The fourth-order valence-corrected chi connectivity index (χ4v) is 6.11. The fraction of sp³-hybridized carbons (Fsp3) is 0.381. The summed E-state index contributed by atoms with van der Waals surface area (Å²) in [6, 6.07) is 10.2. The molecule has 0 aliphatic heterocycles. The Bertz CT molecular complexity index is 1150. The molecule has 0 atom stereocenters. The molecule has 0 saturated heterocycles. The van der Waals surface area contributed by atoms with Crippen LogP contribution in [0.1, 0.15) is 45.6 Å².